The van der Waals surface area contributed by atoms with Gasteiger partial charge in [-0.3, -0.25) is 0 Å². The zero-order valence-electron chi connectivity index (χ0n) is 9.77. The Morgan fingerprint density at radius 3 is 2.47 bits per heavy atom. The fraction of sp³-hybridized carbons (Fsp3) is 0.0714. The number of thioether (sulfide) groups is 1. The summed E-state index contributed by atoms with van der Waals surface area (Å²) in [7, 11) is 0. The molecule has 0 spiro atoms. The van der Waals surface area contributed by atoms with Crippen molar-refractivity contribution in [1.29, 1.82) is 0 Å². The number of carbonyl (C=O) groups is 1. The predicted molar refractivity (Wildman–Crippen MR) is 74.4 cm³/mol. The Hall–Kier alpha value is -1.52. The van der Waals surface area contributed by atoms with E-state index in [1.54, 1.807) is 12.1 Å². The lowest BCUT2D eigenvalue weighted by Crippen LogP contribution is -1.98. The molecular formula is C14H10ClFO2S. The van der Waals surface area contributed by atoms with Crippen LogP contribution in [0.4, 0.5) is 4.39 Å². The standard InChI is InChI=1S/C14H10ClFO2S/c15-11-3-5-12(6-4-11)19-8-10-2-1-9(14(17)18)7-13(10)16/h1-7H,8H2,(H,17,18). The summed E-state index contributed by atoms with van der Waals surface area (Å²) in [6, 6.07) is 11.2. The lowest BCUT2D eigenvalue weighted by atomic mass is 10.1. The van der Waals surface area contributed by atoms with Crippen molar-refractivity contribution in [3.63, 3.8) is 0 Å². The van der Waals surface area contributed by atoms with Crippen molar-refractivity contribution in [3.8, 4) is 0 Å². The number of carboxylic acid groups (broad SMARTS) is 1. The number of halogens is 2. The summed E-state index contributed by atoms with van der Waals surface area (Å²) in [5, 5.41) is 9.40. The Balaban J connectivity index is 2.07. The summed E-state index contributed by atoms with van der Waals surface area (Å²) >= 11 is 7.24. The van der Waals surface area contributed by atoms with Crippen LogP contribution in [0.15, 0.2) is 47.4 Å². The molecule has 0 atom stereocenters. The molecule has 0 saturated carbocycles. The molecule has 0 radical (unpaired) electrons. The second kappa shape index (κ2) is 6.08. The maximum absolute atomic E-state index is 13.7. The molecule has 0 aromatic heterocycles. The molecule has 2 nitrogen and oxygen atoms in total. The van der Waals surface area contributed by atoms with Gasteiger partial charge < -0.3 is 5.11 Å². The van der Waals surface area contributed by atoms with Crippen LogP contribution in [0.25, 0.3) is 0 Å². The van der Waals surface area contributed by atoms with Crippen molar-refractivity contribution in [2.75, 3.05) is 0 Å². The quantitative estimate of drug-likeness (QED) is 0.846. The Labute approximate surface area is 119 Å². The Kier molecular flexibility index (Phi) is 4.45. The molecule has 2 aromatic rings. The van der Waals surface area contributed by atoms with E-state index in [4.69, 9.17) is 16.7 Å². The van der Waals surface area contributed by atoms with E-state index in [1.807, 2.05) is 12.1 Å². The zero-order valence-corrected chi connectivity index (χ0v) is 11.3. The Bertz CT molecular complexity index is 599. The van der Waals surface area contributed by atoms with Gasteiger partial charge in [0.2, 0.25) is 0 Å². The van der Waals surface area contributed by atoms with E-state index in [2.05, 4.69) is 0 Å². The van der Waals surface area contributed by atoms with Gasteiger partial charge in [0.05, 0.1) is 5.56 Å². The third kappa shape index (κ3) is 3.72. The average Bonchev–Trinajstić information content (AvgIpc) is 2.39. The first kappa shape index (κ1) is 13.9. The highest BCUT2D eigenvalue weighted by molar-refractivity contribution is 7.98. The van der Waals surface area contributed by atoms with Gasteiger partial charge in [0.1, 0.15) is 5.82 Å². The van der Waals surface area contributed by atoms with Gasteiger partial charge in [-0.2, -0.15) is 0 Å². The number of benzene rings is 2. The molecule has 0 saturated heterocycles. The van der Waals surface area contributed by atoms with Crippen molar-refractivity contribution in [3.05, 3.63) is 64.4 Å². The predicted octanol–water partition coefficient (Wildman–Crippen LogP) is 4.47. The fourth-order valence-corrected chi connectivity index (χ4v) is 2.50. The number of aromatic carboxylic acids is 1. The molecule has 0 unspecified atom stereocenters. The molecule has 2 aromatic carbocycles. The van der Waals surface area contributed by atoms with Crippen LogP contribution in [-0.2, 0) is 5.75 Å². The average molecular weight is 297 g/mol. The van der Waals surface area contributed by atoms with Crippen LogP contribution in [-0.4, -0.2) is 11.1 Å². The minimum absolute atomic E-state index is 0.0438. The highest BCUT2D eigenvalue weighted by Crippen LogP contribution is 2.25. The van der Waals surface area contributed by atoms with Crippen molar-refractivity contribution in [1.82, 2.24) is 0 Å². The largest absolute Gasteiger partial charge is 0.478 e. The summed E-state index contributed by atoms with van der Waals surface area (Å²) in [5.74, 6) is -1.19. The molecule has 0 heterocycles. The molecule has 0 amide bonds. The van der Waals surface area contributed by atoms with Gasteiger partial charge >= 0.3 is 5.97 Å². The molecule has 0 bridgehead atoms. The van der Waals surface area contributed by atoms with Gasteiger partial charge in [-0.1, -0.05) is 17.7 Å². The molecule has 0 fully saturated rings. The van der Waals surface area contributed by atoms with E-state index >= 15 is 0 Å². The smallest absolute Gasteiger partial charge is 0.335 e. The van der Waals surface area contributed by atoms with E-state index in [9.17, 15) is 9.18 Å². The van der Waals surface area contributed by atoms with E-state index in [-0.39, 0.29) is 5.56 Å². The first-order valence-corrected chi connectivity index (χ1v) is 6.83. The maximum atomic E-state index is 13.7. The lowest BCUT2D eigenvalue weighted by molar-refractivity contribution is 0.0696. The minimum Gasteiger partial charge on any atom is -0.478 e. The fourth-order valence-electron chi connectivity index (χ4n) is 1.49. The zero-order chi connectivity index (χ0) is 13.8. The van der Waals surface area contributed by atoms with Crippen LogP contribution in [0, 0.1) is 5.82 Å². The third-order valence-corrected chi connectivity index (χ3v) is 3.82. The van der Waals surface area contributed by atoms with Gasteiger partial charge in [0, 0.05) is 15.7 Å². The first-order valence-electron chi connectivity index (χ1n) is 5.46. The van der Waals surface area contributed by atoms with Gasteiger partial charge in [-0.15, -0.1) is 11.8 Å². The molecule has 0 aliphatic rings. The van der Waals surface area contributed by atoms with Crippen LogP contribution < -0.4 is 0 Å². The van der Waals surface area contributed by atoms with E-state index in [0.29, 0.717) is 16.3 Å². The van der Waals surface area contributed by atoms with E-state index < -0.39 is 11.8 Å². The molecule has 98 valence electrons. The molecule has 0 aliphatic carbocycles. The van der Waals surface area contributed by atoms with Crippen LogP contribution in [0.2, 0.25) is 5.02 Å². The monoisotopic (exact) mass is 296 g/mol. The summed E-state index contributed by atoms with van der Waals surface area (Å²) in [4.78, 5) is 11.7. The van der Waals surface area contributed by atoms with Gasteiger partial charge in [0.25, 0.3) is 0 Å². The number of carboxylic acids is 1. The van der Waals surface area contributed by atoms with Crippen molar-refractivity contribution >= 4 is 29.3 Å². The minimum atomic E-state index is -1.13. The van der Waals surface area contributed by atoms with Crippen molar-refractivity contribution in [2.45, 2.75) is 10.6 Å². The number of rotatable bonds is 4. The normalized spacial score (nSPS) is 10.4. The van der Waals surface area contributed by atoms with Gasteiger partial charge in [0.15, 0.2) is 0 Å². The molecular weight excluding hydrogens is 287 g/mol. The molecule has 5 heteroatoms. The Morgan fingerprint density at radius 2 is 1.89 bits per heavy atom. The van der Waals surface area contributed by atoms with Crippen LogP contribution in [0.5, 0.6) is 0 Å². The van der Waals surface area contributed by atoms with Gasteiger partial charge in [-0.25, -0.2) is 9.18 Å². The third-order valence-electron chi connectivity index (χ3n) is 2.51. The summed E-state index contributed by atoms with van der Waals surface area (Å²) < 4.78 is 13.7. The highest BCUT2D eigenvalue weighted by Gasteiger charge is 2.08. The SMILES string of the molecule is O=C(O)c1ccc(CSc2ccc(Cl)cc2)c(F)c1. The maximum Gasteiger partial charge on any atom is 0.335 e. The highest BCUT2D eigenvalue weighted by atomic mass is 35.5. The van der Waals surface area contributed by atoms with Crippen LogP contribution in [0.3, 0.4) is 0 Å². The summed E-state index contributed by atoms with van der Waals surface area (Å²) in [5.41, 5.74) is 0.433. The first-order chi connectivity index (χ1) is 9.06. The second-order valence-corrected chi connectivity index (χ2v) is 5.34. The number of hydrogen-bond donors (Lipinski definition) is 1. The second-order valence-electron chi connectivity index (χ2n) is 3.85. The van der Waals surface area contributed by atoms with Gasteiger partial charge in [-0.05, 0) is 42.0 Å². The Morgan fingerprint density at radius 1 is 1.21 bits per heavy atom. The van der Waals surface area contributed by atoms with Crippen LogP contribution in [0.1, 0.15) is 15.9 Å². The lowest BCUT2D eigenvalue weighted by Gasteiger charge is -2.04. The topological polar surface area (TPSA) is 37.3 Å². The summed E-state index contributed by atoms with van der Waals surface area (Å²) in [6.45, 7) is 0. The summed E-state index contributed by atoms with van der Waals surface area (Å²) in [6.07, 6.45) is 0. The van der Waals surface area contributed by atoms with E-state index in [1.165, 1.54) is 23.9 Å². The number of hydrogen-bond acceptors (Lipinski definition) is 2. The molecule has 0 aliphatic heterocycles. The van der Waals surface area contributed by atoms with E-state index in [0.717, 1.165) is 11.0 Å². The van der Waals surface area contributed by atoms with Crippen LogP contribution >= 0.6 is 23.4 Å². The van der Waals surface area contributed by atoms with Crippen molar-refractivity contribution in [2.24, 2.45) is 0 Å². The molecule has 2 rings (SSSR count). The van der Waals surface area contributed by atoms with Crippen molar-refractivity contribution < 1.29 is 14.3 Å². The molecule has 1 N–H and O–H groups in total. The molecule has 19 heavy (non-hydrogen) atoms.